The largest absolute Gasteiger partial charge is 0.396 e. The summed E-state index contributed by atoms with van der Waals surface area (Å²) >= 11 is 11.7. The van der Waals surface area contributed by atoms with E-state index >= 15 is 0 Å². The summed E-state index contributed by atoms with van der Waals surface area (Å²) in [6.45, 7) is 3.42. The molecule has 146 valence electrons. The second-order valence-corrected chi connectivity index (χ2v) is 7.62. The van der Waals surface area contributed by atoms with Crippen molar-refractivity contribution in [3.8, 4) is 0 Å². The SMILES string of the molecule is O=C(c1ccc(N(CCCl)CCCl)cc1)N1CCC(CCCCO)CC1. The minimum Gasteiger partial charge on any atom is -0.396 e. The van der Waals surface area contributed by atoms with E-state index in [1.165, 1.54) is 0 Å². The number of benzene rings is 1. The molecule has 0 aromatic heterocycles. The second kappa shape index (κ2) is 11.7. The quantitative estimate of drug-likeness (QED) is 0.476. The highest BCUT2D eigenvalue weighted by atomic mass is 35.5. The Bertz CT molecular complexity index is 525. The van der Waals surface area contributed by atoms with E-state index < -0.39 is 0 Å². The van der Waals surface area contributed by atoms with E-state index in [-0.39, 0.29) is 12.5 Å². The van der Waals surface area contributed by atoms with Crippen molar-refractivity contribution in [3.05, 3.63) is 29.8 Å². The fourth-order valence-corrected chi connectivity index (χ4v) is 3.95. The number of hydrogen-bond acceptors (Lipinski definition) is 3. The molecule has 0 aliphatic carbocycles. The van der Waals surface area contributed by atoms with Crippen molar-refractivity contribution in [2.45, 2.75) is 32.1 Å². The molecule has 0 radical (unpaired) electrons. The first-order chi connectivity index (χ1) is 12.7. The predicted octanol–water partition coefficient (Wildman–Crippen LogP) is 3.99. The fraction of sp³-hybridized carbons (Fsp3) is 0.650. The minimum atomic E-state index is 0.117. The second-order valence-electron chi connectivity index (χ2n) is 6.87. The molecule has 4 nitrogen and oxygen atoms in total. The lowest BCUT2D eigenvalue weighted by molar-refractivity contribution is 0.0685. The van der Waals surface area contributed by atoms with Gasteiger partial charge in [0.1, 0.15) is 0 Å². The van der Waals surface area contributed by atoms with Crippen molar-refractivity contribution in [1.82, 2.24) is 4.90 Å². The van der Waals surface area contributed by atoms with Gasteiger partial charge in [-0.3, -0.25) is 4.79 Å². The number of hydrogen-bond donors (Lipinski definition) is 1. The molecule has 0 bridgehead atoms. The Balaban J connectivity index is 1.88. The summed E-state index contributed by atoms with van der Waals surface area (Å²) in [7, 11) is 0. The summed E-state index contributed by atoms with van der Waals surface area (Å²) in [5.74, 6) is 1.90. The first-order valence-electron chi connectivity index (χ1n) is 9.56. The predicted molar refractivity (Wildman–Crippen MR) is 110 cm³/mol. The van der Waals surface area contributed by atoms with Gasteiger partial charge in [0, 0.05) is 55.8 Å². The Labute approximate surface area is 167 Å². The number of aliphatic hydroxyl groups excluding tert-OH is 1. The summed E-state index contributed by atoms with van der Waals surface area (Å²) in [6.07, 6.45) is 5.25. The van der Waals surface area contributed by atoms with E-state index in [1.54, 1.807) is 0 Å². The maximum Gasteiger partial charge on any atom is 0.253 e. The van der Waals surface area contributed by atoms with Crippen LogP contribution >= 0.6 is 23.2 Å². The number of alkyl halides is 2. The monoisotopic (exact) mass is 400 g/mol. The maximum atomic E-state index is 12.7. The zero-order valence-electron chi connectivity index (χ0n) is 15.4. The molecule has 0 spiro atoms. The standard InChI is InChI=1S/C20H30Cl2N2O2/c21-10-14-23(15-11-22)19-6-4-18(5-7-19)20(26)24-12-8-17(9-13-24)3-1-2-16-25/h4-7,17,25H,1-3,8-16H2. The topological polar surface area (TPSA) is 43.8 Å². The Hall–Kier alpha value is -0.970. The zero-order valence-corrected chi connectivity index (χ0v) is 16.9. The van der Waals surface area contributed by atoms with Crippen molar-refractivity contribution in [2.24, 2.45) is 5.92 Å². The molecule has 26 heavy (non-hydrogen) atoms. The molecule has 1 fully saturated rings. The first-order valence-corrected chi connectivity index (χ1v) is 10.6. The number of halogens is 2. The highest BCUT2D eigenvalue weighted by molar-refractivity contribution is 6.18. The van der Waals surface area contributed by atoms with Crippen molar-refractivity contribution in [2.75, 3.05) is 49.4 Å². The molecule has 1 amide bonds. The zero-order chi connectivity index (χ0) is 18.8. The number of likely N-dealkylation sites (tertiary alicyclic amines) is 1. The maximum absolute atomic E-state index is 12.7. The van der Waals surface area contributed by atoms with E-state index in [2.05, 4.69) is 4.90 Å². The van der Waals surface area contributed by atoms with Crippen LogP contribution in [-0.4, -0.2) is 60.5 Å². The van der Waals surface area contributed by atoms with Gasteiger partial charge in [-0.15, -0.1) is 23.2 Å². The molecule has 1 aromatic carbocycles. The lowest BCUT2D eigenvalue weighted by Crippen LogP contribution is -2.38. The van der Waals surface area contributed by atoms with Crippen molar-refractivity contribution >= 4 is 34.8 Å². The normalized spacial score (nSPS) is 15.3. The van der Waals surface area contributed by atoms with Gasteiger partial charge in [0.15, 0.2) is 0 Å². The highest BCUT2D eigenvalue weighted by Crippen LogP contribution is 2.24. The van der Waals surface area contributed by atoms with Gasteiger partial charge in [-0.25, -0.2) is 0 Å². The molecule has 0 unspecified atom stereocenters. The van der Waals surface area contributed by atoms with Crippen LogP contribution in [0.3, 0.4) is 0 Å². The van der Waals surface area contributed by atoms with Crippen LogP contribution in [0.4, 0.5) is 5.69 Å². The Morgan fingerprint density at radius 2 is 1.69 bits per heavy atom. The third-order valence-corrected chi connectivity index (χ3v) is 5.45. The third kappa shape index (κ3) is 6.33. The van der Waals surface area contributed by atoms with Crippen molar-refractivity contribution in [1.29, 1.82) is 0 Å². The van der Waals surface area contributed by atoms with Crippen LogP contribution in [-0.2, 0) is 0 Å². The number of carbonyl (C=O) groups excluding carboxylic acids is 1. The van der Waals surface area contributed by atoms with Crippen LogP contribution in [0.15, 0.2) is 24.3 Å². The molecule has 1 saturated heterocycles. The number of aliphatic hydroxyl groups is 1. The molecule has 0 atom stereocenters. The number of piperidine rings is 1. The molecule has 1 aliphatic heterocycles. The summed E-state index contributed by atoms with van der Waals surface area (Å²) in [4.78, 5) is 16.8. The number of rotatable bonds is 10. The van der Waals surface area contributed by atoms with Gasteiger partial charge in [-0.05, 0) is 49.4 Å². The molecule has 1 aliphatic rings. The van der Waals surface area contributed by atoms with Crippen molar-refractivity contribution in [3.63, 3.8) is 0 Å². The molecule has 1 N–H and O–H groups in total. The lowest BCUT2D eigenvalue weighted by Gasteiger charge is -2.32. The molecule has 1 aromatic rings. The molecule has 1 heterocycles. The smallest absolute Gasteiger partial charge is 0.253 e. The first kappa shape index (κ1) is 21.3. The molecular weight excluding hydrogens is 371 g/mol. The molecule has 6 heteroatoms. The lowest BCUT2D eigenvalue weighted by atomic mass is 9.91. The van der Waals surface area contributed by atoms with Gasteiger partial charge in [-0.1, -0.05) is 12.8 Å². The van der Waals surface area contributed by atoms with Crippen LogP contribution in [0, 0.1) is 5.92 Å². The molecule has 2 rings (SSSR count). The molecular formula is C20H30Cl2N2O2. The van der Waals surface area contributed by atoms with E-state index in [1.807, 2.05) is 29.2 Å². The van der Waals surface area contributed by atoms with Gasteiger partial charge >= 0.3 is 0 Å². The third-order valence-electron chi connectivity index (χ3n) is 5.11. The average molecular weight is 401 g/mol. The van der Waals surface area contributed by atoms with E-state index in [9.17, 15) is 4.79 Å². The summed E-state index contributed by atoms with van der Waals surface area (Å²) in [5.41, 5.74) is 1.79. The number of anilines is 1. The number of unbranched alkanes of at least 4 members (excludes halogenated alkanes) is 1. The van der Waals surface area contributed by atoms with Gasteiger partial charge in [0.2, 0.25) is 0 Å². The minimum absolute atomic E-state index is 0.117. The Morgan fingerprint density at radius 1 is 1.08 bits per heavy atom. The fourth-order valence-electron chi connectivity index (χ4n) is 3.54. The van der Waals surface area contributed by atoms with Crippen LogP contribution in [0.2, 0.25) is 0 Å². The van der Waals surface area contributed by atoms with Crippen LogP contribution < -0.4 is 4.90 Å². The Kier molecular flexibility index (Phi) is 9.58. The number of nitrogens with zero attached hydrogens (tertiary/aromatic N) is 2. The van der Waals surface area contributed by atoms with Gasteiger partial charge in [0.05, 0.1) is 0 Å². The van der Waals surface area contributed by atoms with Gasteiger partial charge in [0.25, 0.3) is 5.91 Å². The van der Waals surface area contributed by atoms with Crippen LogP contribution in [0.25, 0.3) is 0 Å². The van der Waals surface area contributed by atoms with E-state index in [0.29, 0.717) is 17.7 Å². The summed E-state index contributed by atoms with van der Waals surface area (Å²) < 4.78 is 0. The summed E-state index contributed by atoms with van der Waals surface area (Å²) in [6, 6.07) is 7.77. The van der Waals surface area contributed by atoms with Crippen LogP contribution in [0.5, 0.6) is 0 Å². The molecule has 0 saturated carbocycles. The highest BCUT2D eigenvalue weighted by Gasteiger charge is 2.23. The Morgan fingerprint density at radius 3 is 2.23 bits per heavy atom. The van der Waals surface area contributed by atoms with Gasteiger partial charge in [-0.2, -0.15) is 0 Å². The number of amides is 1. The summed E-state index contributed by atoms with van der Waals surface area (Å²) in [5, 5.41) is 8.88. The van der Waals surface area contributed by atoms with Crippen molar-refractivity contribution < 1.29 is 9.90 Å². The van der Waals surface area contributed by atoms with Gasteiger partial charge < -0.3 is 14.9 Å². The average Bonchev–Trinajstić information content (AvgIpc) is 2.68. The van der Waals surface area contributed by atoms with Crippen LogP contribution in [0.1, 0.15) is 42.5 Å². The number of carbonyl (C=O) groups is 1. The van der Waals surface area contributed by atoms with E-state index in [0.717, 1.165) is 69.5 Å². The van der Waals surface area contributed by atoms with E-state index in [4.69, 9.17) is 28.3 Å².